The molecule has 2 aromatic rings. The molecule has 2 aromatic carbocycles. The number of hydrogen-bond acceptors (Lipinski definition) is 7. The Morgan fingerprint density at radius 1 is 1.16 bits per heavy atom. The minimum atomic E-state index is -1.56. The molecule has 2 atom stereocenters. The molecule has 3 aliphatic heterocycles. The fourth-order valence-electron chi connectivity index (χ4n) is 5.16. The van der Waals surface area contributed by atoms with Gasteiger partial charge < -0.3 is 9.64 Å². The van der Waals surface area contributed by atoms with Gasteiger partial charge in [-0.25, -0.2) is 9.69 Å². The number of rotatable bonds is 3. The van der Waals surface area contributed by atoms with Crippen molar-refractivity contribution in [3.8, 4) is 5.75 Å². The summed E-state index contributed by atoms with van der Waals surface area (Å²) >= 11 is 0. The number of nitrogens with one attached hydrogen (secondary N) is 1. The van der Waals surface area contributed by atoms with Crippen LogP contribution in [-0.2, 0) is 16.0 Å². The summed E-state index contributed by atoms with van der Waals surface area (Å²) in [6.07, 6.45) is 1.34. The largest absolute Gasteiger partial charge is 0.497 e. The molecule has 10 nitrogen and oxygen atoms in total. The van der Waals surface area contributed by atoms with Gasteiger partial charge in [-0.2, -0.15) is 0 Å². The fourth-order valence-corrected chi connectivity index (χ4v) is 5.16. The molecule has 32 heavy (non-hydrogen) atoms. The van der Waals surface area contributed by atoms with Crippen molar-refractivity contribution < 1.29 is 24.0 Å². The summed E-state index contributed by atoms with van der Waals surface area (Å²) in [7, 11) is 1.51. The van der Waals surface area contributed by atoms with Crippen LogP contribution in [0.4, 0.5) is 21.9 Å². The fraction of sp³-hybridized carbons (Fsp3) is 0.318. The molecule has 0 aliphatic carbocycles. The van der Waals surface area contributed by atoms with Gasteiger partial charge >= 0.3 is 6.03 Å². The highest BCUT2D eigenvalue weighted by Crippen LogP contribution is 2.49. The number of hydrogen-bond donors (Lipinski definition) is 1. The Morgan fingerprint density at radius 2 is 1.91 bits per heavy atom. The van der Waals surface area contributed by atoms with Crippen LogP contribution in [0.1, 0.15) is 18.4 Å². The molecule has 1 spiro atoms. The molecule has 0 bridgehead atoms. The number of nitro benzene ring substituents is 1. The zero-order valence-electron chi connectivity index (χ0n) is 17.2. The number of non-ortho nitro benzene ring substituents is 1. The summed E-state index contributed by atoms with van der Waals surface area (Å²) in [4.78, 5) is 53.7. The topological polar surface area (TPSA) is 122 Å². The van der Waals surface area contributed by atoms with Crippen molar-refractivity contribution in [1.82, 2.24) is 5.32 Å². The van der Waals surface area contributed by atoms with E-state index in [-0.39, 0.29) is 12.1 Å². The first-order valence-corrected chi connectivity index (χ1v) is 10.2. The summed E-state index contributed by atoms with van der Waals surface area (Å²) in [6.45, 7) is 0.619. The van der Waals surface area contributed by atoms with E-state index in [1.807, 2.05) is 4.90 Å². The highest BCUT2D eigenvalue weighted by Gasteiger charge is 2.63. The third kappa shape index (κ3) is 2.68. The van der Waals surface area contributed by atoms with Crippen molar-refractivity contribution in [2.45, 2.75) is 25.3 Å². The molecular formula is C22H20N4O6. The lowest BCUT2D eigenvalue weighted by Crippen LogP contribution is -2.71. The van der Waals surface area contributed by atoms with E-state index < -0.39 is 34.2 Å². The minimum Gasteiger partial charge on any atom is -0.497 e. The molecule has 4 amide bonds. The van der Waals surface area contributed by atoms with Crippen LogP contribution < -0.4 is 19.9 Å². The molecule has 2 saturated heterocycles. The number of ether oxygens (including phenoxy) is 1. The summed E-state index contributed by atoms with van der Waals surface area (Å²) in [5.74, 6) is -0.720. The number of barbiturate groups is 1. The second-order valence-electron chi connectivity index (χ2n) is 8.17. The van der Waals surface area contributed by atoms with E-state index in [1.54, 1.807) is 30.3 Å². The Kier molecular flexibility index (Phi) is 4.40. The molecule has 0 radical (unpaired) electrons. The summed E-state index contributed by atoms with van der Waals surface area (Å²) in [6, 6.07) is 9.67. The van der Waals surface area contributed by atoms with E-state index in [4.69, 9.17) is 4.74 Å². The van der Waals surface area contributed by atoms with Crippen LogP contribution in [0, 0.1) is 15.5 Å². The van der Waals surface area contributed by atoms with Crippen molar-refractivity contribution in [3.05, 3.63) is 58.1 Å². The Morgan fingerprint density at radius 3 is 2.59 bits per heavy atom. The first kappa shape index (κ1) is 20.0. The molecule has 0 saturated carbocycles. The van der Waals surface area contributed by atoms with E-state index >= 15 is 0 Å². The lowest BCUT2D eigenvalue weighted by Gasteiger charge is -2.49. The number of nitro groups is 1. The third-order valence-electron chi connectivity index (χ3n) is 6.62. The normalized spacial score (nSPS) is 24.3. The van der Waals surface area contributed by atoms with Gasteiger partial charge in [0.2, 0.25) is 5.91 Å². The first-order chi connectivity index (χ1) is 15.4. The highest BCUT2D eigenvalue weighted by molar-refractivity contribution is 6.30. The quantitative estimate of drug-likeness (QED) is 0.445. The number of methoxy groups -OCH3 is 1. The first-order valence-electron chi connectivity index (χ1n) is 10.2. The molecule has 3 aliphatic rings. The van der Waals surface area contributed by atoms with Gasteiger partial charge in [-0.3, -0.25) is 25.0 Å². The number of amides is 4. The van der Waals surface area contributed by atoms with Crippen molar-refractivity contribution in [2.24, 2.45) is 5.41 Å². The number of imide groups is 2. The SMILES string of the molecule is COc1ccc(N2C(=O)NC(=O)[C@@]3(Cc4cc([N+](=O)[O-])ccc4N4CCC[C@@H]43)C2=O)cc1. The molecule has 3 heterocycles. The zero-order chi connectivity index (χ0) is 22.6. The van der Waals surface area contributed by atoms with Gasteiger partial charge in [0.15, 0.2) is 5.41 Å². The Hall–Kier alpha value is -3.95. The molecule has 164 valence electrons. The zero-order valence-corrected chi connectivity index (χ0v) is 17.2. The second kappa shape index (κ2) is 7.04. The predicted molar refractivity (Wildman–Crippen MR) is 114 cm³/mol. The van der Waals surface area contributed by atoms with E-state index in [1.165, 1.54) is 19.2 Å². The van der Waals surface area contributed by atoms with Crippen LogP contribution in [0.25, 0.3) is 0 Å². The van der Waals surface area contributed by atoms with Crippen molar-refractivity contribution >= 4 is 34.9 Å². The van der Waals surface area contributed by atoms with Crippen LogP contribution in [0.3, 0.4) is 0 Å². The van der Waals surface area contributed by atoms with E-state index in [0.29, 0.717) is 30.0 Å². The van der Waals surface area contributed by atoms with Crippen molar-refractivity contribution in [3.63, 3.8) is 0 Å². The molecular weight excluding hydrogens is 416 g/mol. The van der Waals surface area contributed by atoms with Gasteiger partial charge in [0.1, 0.15) is 5.75 Å². The summed E-state index contributed by atoms with van der Waals surface area (Å²) < 4.78 is 5.14. The third-order valence-corrected chi connectivity index (χ3v) is 6.62. The van der Waals surface area contributed by atoms with Gasteiger partial charge in [-0.1, -0.05) is 0 Å². The van der Waals surface area contributed by atoms with E-state index in [9.17, 15) is 24.5 Å². The standard InChI is InChI=1S/C22H20N4O6/c1-32-16-7-4-14(5-8-16)25-20(28)22(19(27)23-21(25)29)12-13-11-15(26(30)31)6-9-17(13)24-10-2-3-18(22)24/h4-9,11,18H,2-3,10,12H2,1H3,(H,23,27,29)/t18-,22+/m1/s1. The second-order valence-corrected chi connectivity index (χ2v) is 8.17. The van der Waals surface area contributed by atoms with Crippen LogP contribution in [0.5, 0.6) is 5.75 Å². The lowest BCUT2D eigenvalue weighted by molar-refractivity contribution is -0.384. The van der Waals surface area contributed by atoms with Crippen LogP contribution in [-0.4, -0.2) is 42.5 Å². The molecule has 1 N–H and O–H groups in total. The summed E-state index contributed by atoms with van der Waals surface area (Å²) in [5, 5.41) is 13.7. The van der Waals surface area contributed by atoms with Gasteiger partial charge in [-0.05, 0) is 48.7 Å². The van der Waals surface area contributed by atoms with Gasteiger partial charge in [-0.15, -0.1) is 0 Å². The van der Waals surface area contributed by atoms with Gasteiger partial charge in [0, 0.05) is 30.8 Å². The maximum absolute atomic E-state index is 13.9. The molecule has 2 fully saturated rings. The number of anilines is 2. The lowest BCUT2D eigenvalue weighted by atomic mass is 9.68. The van der Waals surface area contributed by atoms with Crippen LogP contribution in [0.15, 0.2) is 42.5 Å². The molecule has 10 heteroatoms. The number of nitrogens with zero attached hydrogens (tertiary/aromatic N) is 3. The van der Waals surface area contributed by atoms with Crippen LogP contribution in [0.2, 0.25) is 0 Å². The number of carbonyl (C=O) groups excluding carboxylic acids is 3. The number of urea groups is 1. The maximum Gasteiger partial charge on any atom is 0.335 e. The maximum atomic E-state index is 13.9. The highest BCUT2D eigenvalue weighted by atomic mass is 16.6. The van der Waals surface area contributed by atoms with Gasteiger partial charge in [0.05, 0.1) is 23.8 Å². The molecule has 5 rings (SSSR count). The molecule has 0 unspecified atom stereocenters. The smallest absolute Gasteiger partial charge is 0.335 e. The van der Waals surface area contributed by atoms with Crippen molar-refractivity contribution in [1.29, 1.82) is 0 Å². The number of fused-ring (bicyclic) bond motifs is 4. The Bertz CT molecular complexity index is 1160. The van der Waals surface area contributed by atoms with Crippen LogP contribution >= 0.6 is 0 Å². The Balaban J connectivity index is 1.63. The average molecular weight is 436 g/mol. The monoisotopic (exact) mass is 436 g/mol. The number of benzene rings is 2. The molecule has 0 aromatic heterocycles. The Labute approximate surface area is 182 Å². The van der Waals surface area contributed by atoms with E-state index in [2.05, 4.69) is 5.32 Å². The number of carbonyl (C=O) groups is 3. The van der Waals surface area contributed by atoms with Crippen molar-refractivity contribution in [2.75, 3.05) is 23.5 Å². The minimum absolute atomic E-state index is 0.0181. The van der Waals surface area contributed by atoms with Gasteiger partial charge in [0.25, 0.3) is 11.6 Å². The average Bonchev–Trinajstić information content (AvgIpc) is 3.28. The van der Waals surface area contributed by atoms with E-state index in [0.717, 1.165) is 17.0 Å². The summed E-state index contributed by atoms with van der Waals surface area (Å²) in [5.41, 5.74) is -0.0213. The predicted octanol–water partition coefficient (Wildman–Crippen LogP) is 2.40.